The monoisotopic (exact) mass is 474 g/mol. The van der Waals surface area contributed by atoms with E-state index in [2.05, 4.69) is 15.4 Å². The smallest absolute Gasteiger partial charge is 0.368 e. The van der Waals surface area contributed by atoms with Crippen molar-refractivity contribution in [3.8, 4) is 11.1 Å². The second-order valence-electron chi connectivity index (χ2n) is 8.29. The molecule has 1 N–H and O–H groups in total. The zero-order valence-corrected chi connectivity index (χ0v) is 18.2. The maximum atomic E-state index is 14.6. The van der Waals surface area contributed by atoms with Gasteiger partial charge in [0.15, 0.2) is 5.71 Å². The van der Waals surface area contributed by atoms with E-state index in [0.717, 1.165) is 17.3 Å². The first kappa shape index (κ1) is 22.2. The molecule has 2 atom stereocenters. The number of aromatic nitrogens is 3. The molecule has 11 heteroatoms. The molecule has 1 saturated heterocycles. The van der Waals surface area contributed by atoms with Gasteiger partial charge in [-0.1, -0.05) is 17.1 Å². The van der Waals surface area contributed by atoms with Gasteiger partial charge in [-0.15, -0.1) is 0 Å². The maximum Gasteiger partial charge on any atom is 0.419 e. The molecule has 0 saturated carbocycles. The summed E-state index contributed by atoms with van der Waals surface area (Å²) in [6, 6.07) is 3.43. The van der Waals surface area contributed by atoms with E-state index >= 15 is 0 Å². The molecule has 0 aliphatic carbocycles. The highest BCUT2D eigenvalue weighted by atomic mass is 19.4. The Morgan fingerprint density at radius 1 is 1.32 bits per heavy atom. The third-order valence-electron chi connectivity index (χ3n) is 5.97. The first-order chi connectivity index (χ1) is 16.1. The minimum atomic E-state index is -4.84. The number of carbonyl (C=O) groups is 1. The third kappa shape index (κ3) is 3.75. The van der Waals surface area contributed by atoms with Crippen LogP contribution in [0.5, 0.6) is 0 Å². The van der Waals surface area contributed by atoms with Gasteiger partial charge in [-0.25, -0.2) is 4.39 Å². The Bertz CT molecular complexity index is 1430. The number of ether oxygens (including phenoxy) is 1. The summed E-state index contributed by atoms with van der Waals surface area (Å²) in [6.07, 6.45) is 0.468. The second-order valence-corrected chi connectivity index (χ2v) is 8.29. The van der Waals surface area contributed by atoms with Crippen LogP contribution >= 0.6 is 0 Å². The van der Waals surface area contributed by atoms with Crippen LogP contribution in [0.4, 0.5) is 17.6 Å². The quantitative estimate of drug-likeness (QED) is 0.466. The molecule has 5 rings (SSSR count). The number of alkyl halides is 3. The molecule has 2 aliphatic rings. The Hall–Kier alpha value is -3.60. The van der Waals surface area contributed by atoms with Crippen LogP contribution in [0.1, 0.15) is 34.5 Å². The summed E-state index contributed by atoms with van der Waals surface area (Å²) in [5.41, 5.74) is 1.38. The number of benzene rings is 1. The summed E-state index contributed by atoms with van der Waals surface area (Å²) < 4.78 is 62.9. The summed E-state index contributed by atoms with van der Waals surface area (Å²) in [5.74, 6) is -1.98. The van der Waals surface area contributed by atoms with Gasteiger partial charge in [0.05, 0.1) is 24.4 Å². The van der Waals surface area contributed by atoms with Crippen molar-refractivity contribution < 1.29 is 31.3 Å². The van der Waals surface area contributed by atoms with Gasteiger partial charge in [0.1, 0.15) is 24.2 Å². The van der Waals surface area contributed by atoms with Gasteiger partial charge < -0.3 is 10.1 Å². The fourth-order valence-corrected chi connectivity index (χ4v) is 4.25. The molecule has 2 aliphatic heterocycles. The van der Waals surface area contributed by atoms with Crippen LogP contribution < -0.4 is 15.0 Å². The SMILES string of the molecule is C[C@@H](NC(=O)c1cc(-c2cnn(C)c2)c[n+]2c1=NC1COCC=21)c1cccc(C(F)(F)F)c1F. The number of nitrogens with one attached hydrogen (secondary N) is 1. The topological polar surface area (TPSA) is 74.4 Å². The van der Waals surface area contributed by atoms with Gasteiger partial charge in [0.2, 0.25) is 6.04 Å². The number of fused-ring (bicyclic) bond motifs is 2. The lowest BCUT2D eigenvalue weighted by molar-refractivity contribution is -0.536. The molecule has 0 bridgehead atoms. The molecule has 7 nitrogen and oxygen atoms in total. The van der Waals surface area contributed by atoms with Crippen LogP contribution in [0.15, 0.2) is 47.8 Å². The van der Waals surface area contributed by atoms with E-state index in [1.165, 1.54) is 13.0 Å². The Balaban J connectivity index is 1.55. The highest BCUT2D eigenvalue weighted by Crippen LogP contribution is 2.34. The van der Waals surface area contributed by atoms with Gasteiger partial charge >= 0.3 is 11.7 Å². The molecule has 1 fully saturated rings. The summed E-state index contributed by atoms with van der Waals surface area (Å²) >= 11 is 0. The zero-order valence-electron chi connectivity index (χ0n) is 18.2. The van der Waals surface area contributed by atoms with Crippen molar-refractivity contribution in [2.24, 2.45) is 12.0 Å². The van der Waals surface area contributed by atoms with Crippen molar-refractivity contribution in [3.63, 3.8) is 0 Å². The Morgan fingerprint density at radius 2 is 2.12 bits per heavy atom. The van der Waals surface area contributed by atoms with Gasteiger partial charge in [-0.05, 0) is 19.1 Å². The molecule has 3 aromatic rings. The van der Waals surface area contributed by atoms with Crippen LogP contribution in [-0.4, -0.2) is 34.9 Å². The minimum absolute atomic E-state index is 0.214. The lowest BCUT2D eigenvalue weighted by atomic mass is 10.0. The molecule has 1 amide bonds. The molecule has 0 spiro atoms. The van der Waals surface area contributed by atoms with Gasteiger partial charge in [0.25, 0.3) is 5.91 Å². The number of pyridine rings is 1. The summed E-state index contributed by atoms with van der Waals surface area (Å²) in [7, 11) is 1.77. The number of halogens is 4. The molecule has 176 valence electrons. The van der Waals surface area contributed by atoms with Crippen LogP contribution in [0.25, 0.3) is 11.1 Å². The number of amides is 1. The minimum Gasteiger partial charge on any atom is -0.368 e. The van der Waals surface area contributed by atoms with Crippen molar-refractivity contribution in [2.75, 3.05) is 13.2 Å². The van der Waals surface area contributed by atoms with Crippen molar-refractivity contribution in [2.45, 2.75) is 25.2 Å². The van der Waals surface area contributed by atoms with Crippen molar-refractivity contribution >= 4 is 5.91 Å². The van der Waals surface area contributed by atoms with Crippen molar-refractivity contribution in [1.82, 2.24) is 15.1 Å². The number of hydrogen-bond acceptors (Lipinski definition) is 4. The Morgan fingerprint density at radius 3 is 2.82 bits per heavy atom. The Kier molecular flexibility index (Phi) is 5.23. The fourth-order valence-electron chi connectivity index (χ4n) is 4.25. The average Bonchev–Trinajstić information content (AvgIpc) is 3.48. The second kappa shape index (κ2) is 8.01. The number of aryl methyl sites for hydroxylation is 1. The summed E-state index contributed by atoms with van der Waals surface area (Å²) in [4.78, 5) is 17.9. The number of carbonyl (C=O) groups excluding carboxylic acids is 1. The van der Waals surface area contributed by atoms with Crippen molar-refractivity contribution in [3.05, 3.63) is 76.6 Å². The zero-order chi connectivity index (χ0) is 24.2. The first-order valence-electron chi connectivity index (χ1n) is 10.5. The first-order valence-corrected chi connectivity index (χ1v) is 10.5. The number of nitrogens with zero attached hydrogens (tertiary/aromatic N) is 4. The van der Waals surface area contributed by atoms with Crippen LogP contribution in [-0.2, 0) is 18.0 Å². The molecular weight excluding hydrogens is 454 g/mol. The number of rotatable bonds is 4. The van der Waals surface area contributed by atoms with E-state index in [-0.39, 0.29) is 17.2 Å². The van der Waals surface area contributed by atoms with E-state index in [9.17, 15) is 22.4 Å². The highest BCUT2D eigenvalue weighted by molar-refractivity contribution is 5.94. The molecular formula is C23H20F4N5O2+. The van der Waals surface area contributed by atoms with Crippen molar-refractivity contribution in [1.29, 1.82) is 0 Å². The molecule has 1 aromatic carbocycles. The number of hydrogen-bond donors (Lipinski definition) is 1. The average molecular weight is 474 g/mol. The van der Waals surface area contributed by atoms with E-state index in [1.54, 1.807) is 30.2 Å². The van der Waals surface area contributed by atoms with E-state index in [4.69, 9.17) is 4.74 Å². The predicted molar refractivity (Wildman–Crippen MR) is 111 cm³/mol. The molecule has 2 aromatic heterocycles. The lowest BCUT2D eigenvalue weighted by Gasteiger charge is -2.17. The fraction of sp³-hybridized carbons (Fsp3) is 0.304. The standard InChI is InChI=1S/C23H19F4N5O2/c1-12(15-4-3-5-17(20(15)24)23(25,26)27)29-22(33)16-6-13(14-7-28-31(2)8-14)9-32-19-11-34-10-18(19)30-21(16)32/h3-9,12,18H,10-11H2,1-2H3/p+1/t12-,18?/m1/s1. The Labute approximate surface area is 191 Å². The molecule has 0 radical (unpaired) electrons. The maximum absolute atomic E-state index is 14.6. The van der Waals surface area contributed by atoms with Gasteiger partial charge in [-0.3, -0.25) is 9.48 Å². The van der Waals surface area contributed by atoms with Crippen LogP contribution in [0.2, 0.25) is 0 Å². The molecule has 34 heavy (non-hydrogen) atoms. The normalized spacial score (nSPS) is 17.8. The van der Waals surface area contributed by atoms with Crippen LogP contribution in [0, 0.1) is 11.5 Å². The van der Waals surface area contributed by atoms with Crippen LogP contribution in [0.3, 0.4) is 0 Å². The summed E-state index contributed by atoms with van der Waals surface area (Å²) in [6.45, 7) is 2.20. The molecule has 4 heterocycles. The van der Waals surface area contributed by atoms with Gasteiger partial charge in [-0.2, -0.15) is 22.5 Å². The van der Waals surface area contributed by atoms with E-state index < -0.39 is 29.5 Å². The van der Waals surface area contributed by atoms with E-state index in [0.29, 0.717) is 30.3 Å². The lowest BCUT2D eigenvalue weighted by Crippen LogP contribution is -2.44. The summed E-state index contributed by atoms with van der Waals surface area (Å²) in [5, 5.41) is 6.80. The highest BCUT2D eigenvalue weighted by Gasteiger charge is 2.38. The predicted octanol–water partition coefficient (Wildman–Crippen LogP) is 2.44. The van der Waals surface area contributed by atoms with E-state index in [1.807, 2.05) is 10.4 Å². The molecule has 1 unspecified atom stereocenters. The van der Waals surface area contributed by atoms with Gasteiger partial charge in [0, 0.05) is 29.9 Å². The largest absolute Gasteiger partial charge is 0.419 e. The third-order valence-corrected chi connectivity index (χ3v) is 5.97.